The summed E-state index contributed by atoms with van der Waals surface area (Å²) < 4.78 is 15.2. The smallest absolute Gasteiger partial charge is 0.327 e. The molecule has 0 aliphatic carbocycles. The van der Waals surface area contributed by atoms with Gasteiger partial charge in [-0.15, -0.1) is 0 Å². The lowest BCUT2D eigenvalue weighted by molar-refractivity contribution is -0.160. The van der Waals surface area contributed by atoms with Crippen molar-refractivity contribution in [3.8, 4) is 5.75 Å². The molecule has 2 aliphatic rings. The van der Waals surface area contributed by atoms with Gasteiger partial charge in [0.1, 0.15) is 17.2 Å². The molecule has 0 spiro atoms. The monoisotopic (exact) mass is 429 g/mol. The van der Waals surface area contributed by atoms with E-state index in [2.05, 4.69) is 5.32 Å². The quantitative estimate of drug-likeness (QED) is 0.576. The Kier molecular flexibility index (Phi) is 5.26. The largest absolute Gasteiger partial charge is 0.495 e. The lowest BCUT2D eigenvalue weighted by Gasteiger charge is -2.31. The highest BCUT2D eigenvalue weighted by molar-refractivity contribution is 6.32. The maximum atomic E-state index is 13.0. The first kappa shape index (κ1) is 20.4. The van der Waals surface area contributed by atoms with Crippen LogP contribution in [-0.2, 0) is 30.3 Å². The number of ether oxygens (including phenoxy) is 3. The van der Waals surface area contributed by atoms with Gasteiger partial charge < -0.3 is 14.2 Å². The molecule has 4 rings (SSSR count). The predicted molar refractivity (Wildman–Crippen MR) is 107 cm³/mol. The standard InChI is InChI=1S/C22H20ClNO6/c1-28-15-9-8-13(10-14(15)23)18-16-17(20(26)30-19(16)25)22(24-18,21(27)29-2)11-12-6-4-3-5-7-12/h3-10,16-18,24H,11H2,1-2H3/t16-,17-,18+,22+/m0/s1. The van der Waals surface area contributed by atoms with Crippen molar-refractivity contribution in [2.75, 3.05) is 14.2 Å². The Labute approximate surface area is 178 Å². The molecule has 0 bridgehead atoms. The molecule has 4 atom stereocenters. The average molecular weight is 430 g/mol. The summed E-state index contributed by atoms with van der Waals surface area (Å²) in [6.07, 6.45) is 0.157. The number of hydrogen-bond donors (Lipinski definition) is 1. The maximum absolute atomic E-state index is 13.0. The molecule has 2 heterocycles. The van der Waals surface area contributed by atoms with E-state index in [4.69, 9.17) is 25.8 Å². The van der Waals surface area contributed by atoms with Gasteiger partial charge in [0.05, 0.1) is 25.2 Å². The Bertz CT molecular complexity index is 1010. The number of fused-ring (bicyclic) bond motifs is 1. The third-order valence-corrected chi connectivity index (χ3v) is 6.10. The predicted octanol–water partition coefficient (Wildman–Crippen LogP) is 2.46. The van der Waals surface area contributed by atoms with Gasteiger partial charge in [0.25, 0.3) is 0 Å². The molecular formula is C22H20ClNO6. The summed E-state index contributed by atoms with van der Waals surface area (Å²) in [7, 11) is 2.76. The molecule has 0 unspecified atom stereocenters. The van der Waals surface area contributed by atoms with Crippen LogP contribution in [0.3, 0.4) is 0 Å². The van der Waals surface area contributed by atoms with Crippen molar-refractivity contribution in [2.24, 2.45) is 11.8 Å². The van der Waals surface area contributed by atoms with Gasteiger partial charge in [-0.2, -0.15) is 0 Å². The summed E-state index contributed by atoms with van der Waals surface area (Å²) in [5, 5.41) is 3.60. The molecule has 2 fully saturated rings. The normalized spacial score (nSPS) is 27.5. The Hall–Kier alpha value is -2.90. The minimum absolute atomic E-state index is 0.157. The van der Waals surface area contributed by atoms with E-state index in [1.165, 1.54) is 14.2 Å². The fourth-order valence-electron chi connectivity index (χ4n) is 4.49. The van der Waals surface area contributed by atoms with Crippen molar-refractivity contribution in [1.29, 1.82) is 0 Å². The molecule has 2 aromatic carbocycles. The highest BCUT2D eigenvalue weighted by atomic mass is 35.5. The molecule has 0 saturated carbocycles. The maximum Gasteiger partial charge on any atom is 0.327 e. The lowest BCUT2D eigenvalue weighted by Crippen LogP contribution is -2.56. The number of methoxy groups -OCH3 is 2. The Morgan fingerprint density at radius 3 is 2.50 bits per heavy atom. The van der Waals surface area contributed by atoms with Crippen LogP contribution in [0.2, 0.25) is 5.02 Å². The van der Waals surface area contributed by atoms with E-state index >= 15 is 0 Å². The van der Waals surface area contributed by atoms with Gasteiger partial charge in [-0.1, -0.05) is 48.0 Å². The first-order chi connectivity index (χ1) is 14.4. The summed E-state index contributed by atoms with van der Waals surface area (Å²) in [4.78, 5) is 38.3. The second-order valence-electron chi connectivity index (χ2n) is 7.38. The van der Waals surface area contributed by atoms with Gasteiger partial charge in [0, 0.05) is 12.5 Å². The van der Waals surface area contributed by atoms with Crippen LogP contribution >= 0.6 is 11.6 Å². The van der Waals surface area contributed by atoms with Gasteiger partial charge in [-0.3, -0.25) is 19.7 Å². The van der Waals surface area contributed by atoms with Crippen LogP contribution in [0.25, 0.3) is 0 Å². The minimum atomic E-state index is -1.46. The Morgan fingerprint density at radius 2 is 1.87 bits per heavy atom. The topological polar surface area (TPSA) is 90.9 Å². The van der Waals surface area contributed by atoms with Crippen molar-refractivity contribution in [3.63, 3.8) is 0 Å². The van der Waals surface area contributed by atoms with Crippen molar-refractivity contribution in [2.45, 2.75) is 18.0 Å². The van der Waals surface area contributed by atoms with Crippen molar-refractivity contribution >= 4 is 29.5 Å². The molecule has 2 saturated heterocycles. The molecule has 156 valence electrons. The van der Waals surface area contributed by atoms with E-state index in [9.17, 15) is 14.4 Å². The van der Waals surface area contributed by atoms with Crippen molar-refractivity contribution in [3.05, 3.63) is 64.7 Å². The molecule has 7 nitrogen and oxygen atoms in total. The van der Waals surface area contributed by atoms with Gasteiger partial charge >= 0.3 is 17.9 Å². The summed E-state index contributed by atoms with van der Waals surface area (Å²) in [6, 6.07) is 13.6. The fourth-order valence-corrected chi connectivity index (χ4v) is 4.76. The molecule has 1 N–H and O–H groups in total. The number of rotatable bonds is 5. The second-order valence-corrected chi connectivity index (χ2v) is 7.79. The average Bonchev–Trinajstić information content (AvgIpc) is 3.25. The number of carbonyl (C=O) groups excluding carboxylic acids is 3. The second kappa shape index (κ2) is 7.74. The fraction of sp³-hybridized carbons (Fsp3) is 0.318. The zero-order valence-electron chi connectivity index (χ0n) is 16.4. The number of nitrogens with one attached hydrogen (secondary N) is 1. The summed E-state index contributed by atoms with van der Waals surface area (Å²) in [5.41, 5.74) is -0.00263. The van der Waals surface area contributed by atoms with Gasteiger partial charge in [-0.05, 0) is 23.3 Å². The van der Waals surface area contributed by atoms with Gasteiger partial charge in [0.15, 0.2) is 0 Å². The van der Waals surface area contributed by atoms with Gasteiger partial charge in [-0.25, -0.2) is 0 Å². The molecule has 8 heteroatoms. The Morgan fingerprint density at radius 1 is 1.13 bits per heavy atom. The molecule has 0 aromatic heterocycles. The zero-order chi connectivity index (χ0) is 21.5. The summed E-state index contributed by atoms with van der Waals surface area (Å²) in [6.45, 7) is 0. The van der Waals surface area contributed by atoms with Crippen LogP contribution in [0.1, 0.15) is 17.2 Å². The van der Waals surface area contributed by atoms with Crippen LogP contribution in [0.15, 0.2) is 48.5 Å². The van der Waals surface area contributed by atoms with Crippen LogP contribution in [0.4, 0.5) is 0 Å². The van der Waals surface area contributed by atoms with E-state index in [1.807, 2.05) is 30.3 Å². The van der Waals surface area contributed by atoms with Crippen molar-refractivity contribution < 1.29 is 28.6 Å². The lowest BCUT2D eigenvalue weighted by atomic mass is 9.76. The number of esters is 3. The zero-order valence-corrected chi connectivity index (χ0v) is 17.1. The molecule has 0 amide bonds. The van der Waals surface area contributed by atoms with Crippen molar-refractivity contribution in [1.82, 2.24) is 5.32 Å². The van der Waals surface area contributed by atoms with Crippen LogP contribution in [0, 0.1) is 11.8 Å². The van der Waals surface area contributed by atoms with Gasteiger partial charge in [0.2, 0.25) is 0 Å². The molecular weight excluding hydrogens is 410 g/mol. The molecule has 2 aliphatic heterocycles. The Balaban J connectivity index is 1.82. The number of carbonyl (C=O) groups is 3. The molecule has 2 aromatic rings. The SMILES string of the molecule is COC(=O)[C@]1(Cc2ccccc2)N[C@H](c2ccc(OC)c(Cl)c2)[C@H]2C(=O)OC(=O)[C@H]21. The van der Waals surface area contributed by atoms with E-state index in [0.717, 1.165) is 5.56 Å². The van der Waals surface area contributed by atoms with Crippen LogP contribution in [-0.4, -0.2) is 37.7 Å². The van der Waals surface area contributed by atoms with E-state index in [1.54, 1.807) is 18.2 Å². The highest BCUT2D eigenvalue weighted by Crippen LogP contribution is 2.50. The van der Waals surface area contributed by atoms with Crippen LogP contribution < -0.4 is 10.1 Å². The first-order valence-corrected chi connectivity index (χ1v) is 9.78. The molecule has 0 radical (unpaired) electrons. The number of hydrogen-bond acceptors (Lipinski definition) is 7. The van der Waals surface area contributed by atoms with Crippen LogP contribution in [0.5, 0.6) is 5.75 Å². The molecule has 30 heavy (non-hydrogen) atoms. The third kappa shape index (κ3) is 3.14. The first-order valence-electron chi connectivity index (χ1n) is 9.40. The van der Waals surface area contributed by atoms with E-state index in [-0.39, 0.29) is 6.42 Å². The minimum Gasteiger partial charge on any atom is -0.495 e. The highest BCUT2D eigenvalue weighted by Gasteiger charge is 2.68. The number of halogens is 1. The number of benzene rings is 2. The van der Waals surface area contributed by atoms with E-state index in [0.29, 0.717) is 16.3 Å². The summed E-state index contributed by atoms with van der Waals surface area (Å²) in [5.74, 6) is -3.47. The third-order valence-electron chi connectivity index (χ3n) is 5.80. The van der Waals surface area contributed by atoms with E-state index < -0.39 is 41.3 Å². The number of cyclic esters (lactones) is 2. The summed E-state index contributed by atoms with van der Waals surface area (Å²) >= 11 is 6.28.